The fourth-order valence-electron chi connectivity index (χ4n) is 1.94. The summed E-state index contributed by atoms with van der Waals surface area (Å²) < 4.78 is 5.73. The van der Waals surface area contributed by atoms with E-state index in [1.54, 1.807) is 24.3 Å². The summed E-state index contributed by atoms with van der Waals surface area (Å²) in [6.45, 7) is 3.89. The van der Waals surface area contributed by atoms with Gasteiger partial charge in [-0.2, -0.15) is 0 Å². The Morgan fingerprint density at radius 2 is 2.05 bits per heavy atom. The Morgan fingerprint density at radius 1 is 1.25 bits per heavy atom. The van der Waals surface area contributed by atoms with Gasteiger partial charge in [0, 0.05) is 18.0 Å². The largest absolute Gasteiger partial charge is 0.491 e. The fraction of sp³-hybridized carbons (Fsp3) is 0.312. The second-order valence-corrected chi connectivity index (χ2v) is 5.75. The molecule has 0 unspecified atom stereocenters. The molecule has 0 radical (unpaired) electrons. The number of ketones is 1. The number of thiophene rings is 1. The highest BCUT2D eigenvalue weighted by molar-refractivity contribution is 7.09. The maximum Gasteiger partial charge on any atom is 0.163 e. The van der Waals surface area contributed by atoms with E-state index >= 15 is 0 Å². The van der Waals surface area contributed by atoms with Gasteiger partial charge in [-0.25, -0.2) is 0 Å². The minimum atomic E-state index is 0.0348. The second kappa shape index (κ2) is 7.22. The monoisotopic (exact) mass is 289 g/mol. The minimum absolute atomic E-state index is 0.0348. The summed E-state index contributed by atoms with van der Waals surface area (Å²) in [6.07, 6.45) is 0. The van der Waals surface area contributed by atoms with Crippen LogP contribution in [-0.4, -0.2) is 30.9 Å². The van der Waals surface area contributed by atoms with E-state index < -0.39 is 0 Å². The first-order chi connectivity index (χ1) is 9.66. The zero-order valence-electron chi connectivity index (χ0n) is 11.8. The van der Waals surface area contributed by atoms with Crippen molar-refractivity contribution < 1.29 is 9.53 Å². The molecule has 1 heterocycles. The Labute approximate surface area is 123 Å². The van der Waals surface area contributed by atoms with Gasteiger partial charge in [-0.15, -0.1) is 11.3 Å². The molecule has 20 heavy (non-hydrogen) atoms. The first-order valence-corrected chi connectivity index (χ1v) is 7.48. The topological polar surface area (TPSA) is 29.5 Å². The van der Waals surface area contributed by atoms with Crippen LogP contribution in [0.1, 0.15) is 22.2 Å². The van der Waals surface area contributed by atoms with E-state index in [2.05, 4.69) is 29.5 Å². The molecule has 1 aromatic carbocycles. The molecule has 0 aliphatic carbocycles. The van der Waals surface area contributed by atoms with Crippen molar-refractivity contribution >= 4 is 17.1 Å². The number of para-hydroxylation sites is 1. The van der Waals surface area contributed by atoms with E-state index in [0.29, 0.717) is 17.9 Å². The second-order valence-electron chi connectivity index (χ2n) is 4.72. The Bertz CT molecular complexity index is 551. The average Bonchev–Trinajstić information content (AvgIpc) is 2.92. The maximum atomic E-state index is 11.5. The third-order valence-corrected chi connectivity index (χ3v) is 3.86. The lowest BCUT2D eigenvalue weighted by Gasteiger charge is -2.16. The number of hydrogen-bond acceptors (Lipinski definition) is 4. The standard InChI is InChI=1S/C16H19NO2S/c1-13(18)15-7-3-4-8-16(15)19-10-9-17(2)12-14-6-5-11-20-14/h3-8,11H,9-10,12H2,1-2H3. The van der Waals surface area contributed by atoms with E-state index in [1.807, 2.05) is 18.2 Å². The third-order valence-electron chi connectivity index (χ3n) is 3.00. The SMILES string of the molecule is CC(=O)c1ccccc1OCCN(C)Cc1cccs1. The highest BCUT2D eigenvalue weighted by Gasteiger charge is 2.07. The number of hydrogen-bond donors (Lipinski definition) is 0. The minimum Gasteiger partial charge on any atom is -0.491 e. The Balaban J connectivity index is 1.82. The van der Waals surface area contributed by atoms with E-state index in [-0.39, 0.29) is 5.78 Å². The summed E-state index contributed by atoms with van der Waals surface area (Å²) >= 11 is 1.76. The zero-order chi connectivity index (χ0) is 14.4. The van der Waals surface area contributed by atoms with Crippen LogP contribution in [0.3, 0.4) is 0 Å². The quantitative estimate of drug-likeness (QED) is 0.731. The zero-order valence-corrected chi connectivity index (χ0v) is 12.7. The lowest BCUT2D eigenvalue weighted by molar-refractivity contribution is 0.101. The summed E-state index contributed by atoms with van der Waals surface area (Å²) in [6, 6.07) is 11.6. The van der Waals surface area contributed by atoms with Crippen LogP contribution < -0.4 is 4.74 Å². The van der Waals surface area contributed by atoms with Crippen LogP contribution in [0.25, 0.3) is 0 Å². The van der Waals surface area contributed by atoms with Gasteiger partial charge >= 0.3 is 0 Å². The molecule has 0 spiro atoms. The van der Waals surface area contributed by atoms with Gasteiger partial charge in [-0.1, -0.05) is 18.2 Å². The van der Waals surface area contributed by atoms with Gasteiger partial charge in [0.05, 0.1) is 5.56 Å². The molecule has 0 saturated carbocycles. The molecule has 106 valence electrons. The van der Waals surface area contributed by atoms with Gasteiger partial charge in [-0.05, 0) is 37.6 Å². The molecule has 0 atom stereocenters. The highest BCUT2D eigenvalue weighted by Crippen LogP contribution is 2.18. The lowest BCUT2D eigenvalue weighted by atomic mass is 10.1. The molecule has 0 amide bonds. The normalized spacial score (nSPS) is 10.8. The molecule has 2 aromatic rings. The number of ether oxygens (including phenoxy) is 1. The summed E-state index contributed by atoms with van der Waals surface area (Å²) in [7, 11) is 2.07. The van der Waals surface area contributed by atoms with Crippen LogP contribution in [-0.2, 0) is 6.54 Å². The lowest BCUT2D eigenvalue weighted by Crippen LogP contribution is -2.23. The van der Waals surface area contributed by atoms with Crippen LogP contribution in [0.15, 0.2) is 41.8 Å². The van der Waals surface area contributed by atoms with Crippen molar-refractivity contribution in [1.82, 2.24) is 4.90 Å². The molecule has 0 aliphatic heterocycles. The molecular weight excluding hydrogens is 270 g/mol. The van der Waals surface area contributed by atoms with E-state index in [1.165, 1.54) is 4.88 Å². The molecule has 1 aromatic heterocycles. The summed E-state index contributed by atoms with van der Waals surface area (Å²) in [5.74, 6) is 0.706. The number of nitrogens with zero attached hydrogens (tertiary/aromatic N) is 1. The number of benzene rings is 1. The van der Waals surface area contributed by atoms with Gasteiger partial charge in [0.1, 0.15) is 12.4 Å². The van der Waals surface area contributed by atoms with Gasteiger partial charge in [0.2, 0.25) is 0 Å². The van der Waals surface area contributed by atoms with Gasteiger partial charge in [0.25, 0.3) is 0 Å². The number of carbonyl (C=O) groups is 1. The van der Waals surface area contributed by atoms with Crippen molar-refractivity contribution in [3.05, 3.63) is 52.2 Å². The fourth-order valence-corrected chi connectivity index (χ4v) is 2.73. The summed E-state index contributed by atoms with van der Waals surface area (Å²) in [5, 5.41) is 2.09. The Morgan fingerprint density at radius 3 is 2.75 bits per heavy atom. The molecular formula is C16H19NO2S. The number of Topliss-reactive ketones (excluding diaryl/α,β-unsaturated/α-hetero) is 1. The van der Waals surface area contributed by atoms with Gasteiger partial charge < -0.3 is 4.74 Å². The van der Waals surface area contributed by atoms with Crippen molar-refractivity contribution in [3.63, 3.8) is 0 Å². The van der Waals surface area contributed by atoms with E-state index in [0.717, 1.165) is 13.1 Å². The molecule has 4 heteroatoms. The molecule has 0 saturated heterocycles. The van der Waals surface area contributed by atoms with E-state index in [9.17, 15) is 4.79 Å². The number of rotatable bonds is 7. The van der Waals surface area contributed by atoms with Crippen molar-refractivity contribution in [2.75, 3.05) is 20.2 Å². The predicted molar refractivity (Wildman–Crippen MR) is 82.6 cm³/mol. The first-order valence-electron chi connectivity index (χ1n) is 6.60. The van der Waals surface area contributed by atoms with E-state index in [4.69, 9.17) is 4.74 Å². The maximum absolute atomic E-state index is 11.5. The first kappa shape index (κ1) is 14.8. The van der Waals surface area contributed by atoms with Crippen LogP contribution >= 0.6 is 11.3 Å². The molecule has 0 fully saturated rings. The molecule has 0 bridgehead atoms. The molecule has 0 N–H and O–H groups in total. The molecule has 0 aliphatic rings. The van der Waals surface area contributed by atoms with Gasteiger partial charge in [-0.3, -0.25) is 9.69 Å². The summed E-state index contributed by atoms with van der Waals surface area (Å²) in [5.41, 5.74) is 0.647. The molecule has 2 rings (SSSR count). The van der Waals surface area contributed by atoms with Crippen molar-refractivity contribution in [2.45, 2.75) is 13.5 Å². The van der Waals surface area contributed by atoms with Crippen molar-refractivity contribution in [2.24, 2.45) is 0 Å². The van der Waals surface area contributed by atoms with Crippen LogP contribution in [0.4, 0.5) is 0 Å². The van der Waals surface area contributed by atoms with Crippen molar-refractivity contribution in [3.8, 4) is 5.75 Å². The molecule has 3 nitrogen and oxygen atoms in total. The van der Waals surface area contributed by atoms with Crippen LogP contribution in [0.2, 0.25) is 0 Å². The highest BCUT2D eigenvalue weighted by atomic mass is 32.1. The van der Waals surface area contributed by atoms with Gasteiger partial charge in [0.15, 0.2) is 5.78 Å². The van der Waals surface area contributed by atoms with Crippen LogP contribution in [0, 0.1) is 0 Å². The Hall–Kier alpha value is -1.65. The van der Waals surface area contributed by atoms with Crippen molar-refractivity contribution in [1.29, 1.82) is 0 Å². The number of likely N-dealkylation sites (N-methyl/N-ethyl adjacent to an activating group) is 1. The number of carbonyl (C=O) groups excluding carboxylic acids is 1. The predicted octanol–water partition coefficient (Wildman–Crippen LogP) is 3.46. The average molecular weight is 289 g/mol. The smallest absolute Gasteiger partial charge is 0.163 e. The summed E-state index contributed by atoms with van der Waals surface area (Å²) in [4.78, 5) is 15.0. The van der Waals surface area contributed by atoms with Crippen LogP contribution in [0.5, 0.6) is 5.75 Å². The Kier molecular flexibility index (Phi) is 5.32. The third kappa shape index (κ3) is 4.18.